The molecule has 2 aliphatic carbocycles. The first-order chi connectivity index (χ1) is 8.22. The minimum atomic E-state index is -0.0671. The summed E-state index contributed by atoms with van der Waals surface area (Å²) in [4.78, 5) is 16.0. The Labute approximate surface area is 101 Å². The van der Waals surface area contributed by atoms with Crippen molar-refractivity contribution < 1.29 is 4.79 Å². The van der Waals surface area contributed by atoms with Crippen LogP contribution in [0, 0.1) is 11.8 Å². The number of nitrogens with one attached hydrogen (secondary N) is 1. The Hall–Kier alpha value is -1.58. The summed E-state index contributed by atoms with van der Waals surface area (Å²) >= 11 is 0. The van der Waals surface area contributed by atoms with E-state index in [4.69, 9.17) is 5.73 Å². The van der Waals surface area contributed by atoms with Crippen molar-refractivity contribution in [3.63, 3.8) is 0 Å². The molecule has 2 bridgehead atoms. The Morgan fingerprint density at radius 3 is 2.82 bits per heavy atom. The van der Waals surface area contributed by atoms with Crippen molar-refractivity contribution in [2.45, 2.75) is 31.7 Å². The third kappa shape index (κ3) is 1.99. The molecule has 0 aliphatic heterocycles. The molecule has 0 aromatic carbocycles. The number of carbonyl (C=O) groups is 1. The van der Waals surface area contributed by atoms with Gasteiger partial charge in [-0.3, -0.25) is 4.79 Å². The molecule has 3 atom stereocenters. The van der Waals surface area contributed by atoms with E-state index in [1.54, 1.807) is 12.1 Å². The summed E-state index contributed by atoms with van der Waals surface area (Å²) in [6.45, 7) is 0. The molecule has 1 aromatic heterocycles. The van der Waals surface area contributed by atoms with Gasteiger partial charge in [0.15, 0.2) is 0 Å². The maximum Gasteiger partial charge on any atom is 0.270 e. The molecule has 3 N–H and O–H groups in total. The van der Waals surface area contributed by atoms with Crippen molar-refractivity contribution in [1.82, 2.24) is 10.3 Å². The standard InChI is InChI=1S/C13H17N3O/c14-10-3-4-11(15-7-10)13(17)16-12-6-8-1-2-9(12)5-8/h3-4,7-9,12H,1-2,5-6,14H2,(H,16,17). The number of nitrogens with zero attached hydrogens (tertiary/aromatic N) is 1. The number of anilines is 1. The van der Waals surface area contributed by atoms with Gasteiger partial charge in [-0.05, 0) is 43.2 Å². The minimum Gasteiger partial charge on any atom is -0.397 e. The summed E-state index contributed by atoms with van der Waals surface area (Å²) in [5.41, 5.74) is 6.59. The number of nitrogen functional groups attached to an aromatic ring is 1. The number of nitrogens with two attached hydrogens (primary N) is 1. The summed E-state index contributed by atoms with van der Waals surface area (Å²) in [6, 6.07) is 3.75. The lowest BCUT2D eigenvalue weighted by Crippen LogP contribution is -2.38. The van der Waals surface area contributed by atoms with Crippen molar-refractivity contribution in [3.8, 4) is 0 Å². The fourth-order valence-electron chi connectivity index (χ4n) is 3.20. The second-order valence-corrected chi connectivity index (χ2v) is 5.23. The van der Waals surface area contributed by atoms with E-state index >= 15 is 0 Å². The van der Waals surface area contributed by atoms with Crippen LogP contribution in [0.25, 0.3) is 0 Å². The molecule has 4 nitrogen and oxygen atoms in total. The average Bonchev–Trinajstić information content (AvgIpc) is 2.91. The predicted octanol–water partition coefficient (Wildman–Crippen LogP) is 1.58. The number of fused-ring (bicyclic) bond motifs is 2. The maximum absolute atomic E-state index is 12.0. The van der Waals surface area contributed by atoms with Crippen LogP contribution >= 0.6 is 0 Å². The van der Waals surface area contributed by atoms with E-state index in [2.05, 4.69) is 10.3 Å². The van der Waals surface area contributed by atoms with Gasteiger partial charge in [0.05, 0.1) is 11.9 Å². The lowest BCUT2D eigenvalue weighted by molar-refractivity contribution is 0.0918. The van der Waals surface area contributed by atoms with Gasteiger partial charge in [-0.25, -0.2) is 4.98 Å². The number of rotatable bonds is 2. The van der Waals surface area contributed by atoms with Crippen molar-refractivity contribution in [2.24, 2.45) is 11.8 Å². The zero-order chi connectivity index (χ0) is 11.8. The molecule has 3 rings (SSSR count). The van der Waals surface area contributed by atoms with Crippen molar-refractivity contribution in [2.75, 3.05) is 5.73 Å². The highest BCUT2D eigenvalue weighted by atomic mass is 16.1. The molecule has 0 saturated heterocycles. The van der Waals surface area contributed by atoms with Gasteiger partial charge in [0.1, 0.15) is 5.69 Å². The number of amides is 1. The van der Waals surface area contributed by atoms with E-state index in [0.29, 0.717) is 23.3 Å². The van der Waals surface area contributed by atoms with E-state index in [9.17, 15) is 4.79 Å². The van der Waals surface area contributed by atoms with Crippen LogP contribution < -0.4 is 11.1 Å². The third-order valence-corrected chi connectivity index (χ3v) is 4.07. The summed E-state index contributed by atoms with van der Waals surface area (Å²) in [7, 11) is 0. The van der Waals surface area contributed by atoms with E-state index in [1.807, 2.05) is 0 Å². The molecule has 2 aliphatic rings. The fourth-order valence-corrected chi connectivity index (χ4v) is 3.20. The molecule has 1 aromatic rings. The molecule has 0 spiro atoms. The highest BCUT2D eigenvalue weighted by molar-refractivity contribution is 5.92. The second kappa shape index (κ2) is 4.02. The van der Waals surface area contributed by atoms with Gasteiger partial charge in [0.2, 0.25) is 0 Å². The van der Waals surface area contributed by atoms with Gasteiger partial charge < -0.3 is 11.1 Å². The van der Waals surface area contributed by atoms with Gasteiger partial charge in [-0.2, -0.15) is 0 Å². The van der Waals surface area contributed by atoms with Crippen molar-refractivity contribution in [1.29, 1.82) is 0 Å². The molecule has 4 heteroatoms. The first-order valence-corrected chi connectivity index (χ1v) is 6.25. The van der Waals surface area contributed by atoms with Crippen molar-refractivity contribution in [3.05, 3.63) is 24.0 Å². The summed E-state index contributed by atoms with van der Waals surface area (Å²) < 4.78 is 0. The van der Waals surface area contributed by atoms with Crippen LogP contribution in [0.5, 0.6) is 0 Å². The number of pyridine rings is 1. The third-order valence-electron chi connectivity index (χ3n) is 4.07. The second-order valence-electron chi connectivity index (χ2n) is 5.23. The molecular formula is C13H17N3O. The van der Waals surface area contributed by atoms with E-state index in [-0.39, 0.29) is 5.91 Å². The number of aromatic nitrogens is 1. The first kappa shape index (κ1) is 10.6. The Kier molecular flexibility index (Phi) is 2.50. The Morgan fingerprint density at radius 2 is 2.24 bits per heavy atom. The number of hydrogen-bond acceptors (Lipinski definition) is 3. The SMILES string of the molecule is Nc1ccc(C(=O)NC2CC3CCC2C3)nc1. The van der Waals surface area contributed by atoms with Gasteiger partial charge in [0, 0.05) is 6.04 Å². The zero-order valence-electron chi connectivity index (χ0n) is 9.73. The lowest BCUT2D eigenvalue weighted by atomic mass is 9.95. The fraction of sp³-hybridized carbons (Fsp3) is 0.538. The normalized spacial score (nSPS) is 30.5. The smallest absolute Gasteiger partial charge is 0.270 e. The summed E-state index contributed by atoms with van der Waals surface area (Å²) in [5.74, 6) is 1.46. The van der Waals surface area contributed by atoms with Crippen LogP contribution in [0.2, 0.25) is 0 Å². The average molecular weight is 231 g/mol. The summed E-state index contributed by atoms with van der Waals surface area (Å²) in [6.07, 6.45) is 6.57. The monoisotopic (exact) mass is 231 g/mol. The maximum atomic E-state index is 12.0. The van der Waals surface area contributed by atoms with Crippen molar-refractivity contribution >= 4 is 11.6 Å². The Balaban J connectivity index is 1.65. The highest BCUT2D eigenvalue weighted by Gasteiger charge is 2.40. The van der Waals surface area contributed by atoms with E-state index in [0.717, 1.165) is 12.3 Å². The zero-order valence-corrected chi connectivity index (χ0v) is 9.73. The molecular weight excluding hydrogens is 214 g/mol. The van der Waals surface area contributed by atoms with Gasteiger partial charge in [-0.1, -0.05) is 6.42 Å². The summed E-state index contributed by atoms with van der Waals surface area (Å²) in [5, 5.41) is 3.10. The first-order valence-electron chi connectivity index (χ1n) is 6.25. The quantitative estimate of drug-likeness (QED) is 0.812. The van der Waals surface area contributed by atoms with Crippen LogP contribution in [0.15, 0.2) is 18.3 Å². The molecule has 2 fully saturated rings. The Morgan fingerprint density at radius 1 is 1.35 bits per heavy atom. The van der Waals surface area contributed by atoms with Gasteiger partial charge in [-0.15, -0.1) is 0 Å². The van der Waals surface area contributed by atoms with Gasteiger partial charge in [0.25, 0.3) is 5.91 Å². The van der Waals surface area contributed by atoms with E-state index in [1.165, 1.54) is 25.5 Å². The number of carbonyl (C=O) groups excluding carboxylic acids is 1. The minimum absolute atomic E-state index is 0.0671. The number of hydrogen-bond donors (Lipinski definition) is 2. The molecule has 3 unspecified atom stereocenters. The molecule has 17 heavy (non-hydrogen) atoms. The van der Waals surface area contributed by atoms with Crippen LogP contribution in [0.4, 0.5) is 5.69 Å². The predicted molar refractivity (Wildman–Crippen MR) is 65.4 cm³/mol. The molecule has 1 heterocycles. The Bertz CT molecular complexity index is 429. The van der Waals surface area contributed by atoms with Crippen LogP contribution in [-0.2, 0) is 0 Å². The lowest BCUT2D eigenvalue weighted by Gasteiger charge is -2.22. The molecule has 0 radical (unpaired) electrons. The molecule has 90 valence electrons. The molecule has 2 saturated carbocycles. The van der Waals surface area contributed by atoms with E-state index < -0.39 is 0 Å². The van der Waals surface area contributed by atoms with Crippen LogP contribution in [0.1, 0.15) is 36.2 Å². The highest BCUT2D eigenvalue weighted by Crippen LogP contribution is 2.44. The van der Waals surface area contributed by atoms with Crippen LogP contribution in [0.3, 0.4) is 0 Å². The molecule has 1 amide bonds. The largest absolute Gasteiger partial charge is 0.397 e. The topological polar surface area (TPSA) is 68.0 Å². The van der Waals surface area contributed by atoms with Gasteiger partial charge >= 0.3 is 0 Å². The van der Waals surface area contributed by atoms with Crippen LogP contribution in [-0.4, -0.2) is 16.9 Å².